The van der Waals surface area contributed by atoms with Crippen LogP contribution in [0.25, 0.3) is 0 Å². The number of rotatable bonds is 5. The molecule has 0 aromatic carbocycles. The van der Waals surface area contributed by atoms with Crippen LogP contribution in [0, 0.1) is 0 Å². The number of H-pyrrole nitrogens is 1. The summed E-state index contributed by atoms with van der Waals surface area (Å²) in [5, 5.41) is 0. The molecule has 0 aliphatic heterocycles. The number of aromatic amines is 1. The molecule has 0 unspecified atom stereocenters. The van der Waals surface area contributed by atoms with Crippen molar-refractivity contribution in [2.24, 2.45) is 0 Å². The van der Waals surface area contributed by atoms with Crippen LogP contribution in [0.15, 0.2) is 10.9 Å². The standard InChI is InChI=1S/C11H18N2O2/c1-8(2)11-12-9(5-4-6-15-3)7-10(14)13-11/h7-8H,4-6H2,1-3H3,(H,12,13,14). The molecule has 84 valence electrons. The molecule has 1 aromatic rings. The Morgan fingerprint density at radius 3 is 2.87 bits per heavy atom. The number of aryl methyl sites for hydroxylation is 1. The molecular formula is C11H18N2O2. The molecule has 0 radical (unpaired) electrons. The summed E-state index contributed by atoms with van der Waals surface area (Å²) in [6.07, 6.45) is 1.68. The fraction of sp³-hybridized carbons (Fsp3) is 0.636. The summed E-state index contributed by atoms with van der Waals surface area (Å²) >= 11 is 0. The smallest absolute Gasteiger partial charge is 0.251 e. The monoisotopic (exact) mass is 210 g/mol. The first kappa shape index (κ1) is 11.9. The summed E-state index contributed by atoms with van der Waals surface area (Å²) in [4.78, 5) is 18.5. The quantitative estimate of drug-likeness (QED) is 0.749. The summed E-state index contributed by atoms with van der Waals surface area (Å²) in [6, 6.07) is 1.56. The molecular weight excluding hydrogens is 192 g/mol. The highest BCUT2D eigenvalue weighted by molar-refractivity contribution is 5.05. The van der Waals surface area contributed by atoms with Gasteiger partial charge in [-0.1, -0.05) is 13.8 Å². The summed E-state index contributed by atoms with van der Waals surface area (Å²) < 4.78 is 4.96. The third-order valence-electron chi connectivity index (χ3n) is 2.14. The van der Waals surface area contributed by atoms with Crippen molar-refractivity contribution in [2.45, 2.75) is 32.6 Å². The molecule has 1 N–H and O–H groups in total. The van der Waals surface area contributed by atoms with Gasteiger partial charge in [-0.3, -0.25) is 4.79 Å². The minimum absolute atomic E-state index is 0.0684. The van der Waals surface area contributed by atoms with Crippen LogP contribution < -0.4 is 5.56 Å². The first-order chi connectivity index (χ1) is 7.13. The van der Waals surface area contributed by atoms with Crippen molar-refractivity contribution >= 4 is 0 Å². The van der Waals surface area contributed by atoms with E-state index in [-0.39, 0.29) is 11.5 Å². The predicted molar refractivity (Wildman–Crippen MR) is 59.1 cm³/mol. The molecule has 1 rings (SSSR count). The maximum absolute atomic E-state index is 11.3. The van der Waals surface area contributed by atoms with Gasteiger partial charge in [0.25, 0.3) is 5.56 Å². The van der Waals surface area contributed by atoms with Gasteiger partial charge in [-0.2, -0.15) is 0 Å². The minimum Gasteiger partial charge on any atom is -0.385 e. The van der Waals surface area contributed by atoms with Crippen molar-refractivity contribution in [3.63, 3.8) is 0 Å². The van der Waals surface area contributed by atoms with Crippen LogP contribution >= 0.6 is 0 Å². The van der Waals surface area contributed by atoms with Gasteiger partial charge in [-0.05, 0) is 12.8 Å². The molecule has 0 amide bonds. The number of hydrogen-bond donors (Lipinski definition) is 1. The summed E-state index contributed by atoms with van der Waals surface area (Å²) in [7, 11) is 1.67. The fourth-order valence-corrected chi connectivity index (χ4v) is 1.33. The SMILES string of the molecule is COCCCc1cc(=O)[nH]c(C(C)C)n1. The molecule has 0 saturated carbocycles. The van der Waals surface area contributed by atoms with Gasteiger partial charge in [0.15, 0.2) is 0 Å². The molecule has 0 atom stereocenters. The van der Waals surface area contributed by atoms with E-state index in [2.05, 4.69) is 9.97 Å². The van der Waals surface area contributed by atoms with Gasteiger partial charge in [0, 0.05) is 31.4 Å². The Morgan fingerprint density at radius 1 is 1.53 bits per heavy atom. The second-order valence-electron chi connectivity index (χ2n) is 3.87. The lowest BCUT2D eigenvalue weighted by molar-refractivity contribution is 0.195. The zero-order chi connectivity index (χ0) is 11.3. The van der Waals surface area contributed by atoms with Gasteiger partial charge in [0.05, 0.1) is 0 Å². The van der Waals surface area contributed by atoms with E-state index in [1.54, 1.807) is 13.2 Å². The first-order valence-corrected chi connectivity index (χ1v) is 5.22. The topological polar surface area (TPSA) is 55.0 Å². The average molecular weight is 210 g/mol. The number of nitrogens with zero attached hydrogens (tertiary/aromatic N) is 1. The van der Waals surface area contributed by atoms with Crippen molar-refractivity contribution in [2.75, 3.05) is 13.7 Å². The van der Waals surface area contributed by atoms with E-state index in [4.69, 9.17) is 4.74 Å². The Balaban J connectivity index is 2.75. The van der Waals surface area contributed by atoms with E-state index < -0.39 is 0 Å². The molecule has 0 saturated heterocycles. The van der Waals surface area contributed by atoms with Gasteiger partial charge in [0.2, 0.25) is 0 Å². The van der Waals surface area contributed by atoms with E-state index in [1.165, 1.54) is 0 Å². The van der Waals surface area contributed by atoms with Crippen molar-refractivity contribution < 1.29 is 4.74 Å². The third kappa shape index (κ3) is 3.83. The van der Waals surface area contributed by atoms with Gasteiger partial charge in [-0.25, -0.2) is 4.98 Å². The molecule has 15 heavy (non-hydrogen) atoms. The van der Waals surface area contributed by atoms with Crippen LogP contribution in [-0.2, 0) is 11.2 Å². The lowest BCUT2D eigenvalue weighted by atomic mass is 10.2. The Bertz CT molecular complexity index is 358. The molecule has 0 aliphatic carbocycles. The molecule has 1 aromatic heterocycles. The molecule has 0 spiro atoms. The highest BCUT2D eigenvalue weighted by Gasteiger charge is 2.04. The summed E-state index contributed by atoms with van der Waals surface area (Å²) in [5.74, 6) is 1.01. The van der Waals surface area contributed by atoms with Crippen LogP contribution in [0.5, 0.6) is 0 Å². The normalized spacial score (nSPS) is 10.9. The Kier molecular flexibility index (Phi) is 4.49. The maximum atomic E-state index is 11.3. The molecule has 0 fully saturated rings. The molecule has 4 nitrogen and oxygen atoms in total. The van der Waals surface area contributed by atoms with Crippen LogP contribution in [0.3, 0.4) is 0 Å². The van der Waals surface area contributed by atoms with E-state index in [0.29, 0.717) is 6.61 Å². The third-order valence-corrected chi connectivity index (χ3v) is 2.14. The van der Waals surface area contributed by atoms with Crippen LogP contribution in [-0.4, -0.2) is 23.7 Å². The number of aromatic nitrogens is 2. The van der Waals surface area contributed by atoms with Gasteiger partial charge < -0.3 is 9.72 Å². The molecule has 0 aliphatic rings. The Morgan fingerprint density at radius 2 is 2.27 bits per heavy atom. The second kappa shape index (κ2) is 5.66. The summed E-state index contributed by atoms with van der Waals surface area (Å²) in [6.45, 7) is 4.72. The molecule has 1 heterocycles. The lowest BCUT2D eigenvalue weighted by Gasteiger charge is -2.06. The lowest BCUT2D eigenvalue weighted by Crippen LogP contribution is -2.14. The second-order valence-corrected chi connectivity index (χ2v) is 3.87. The van der Waals surface area contributed by atoms with Crippen LogP contribution in [0.2, 0.25) is 0 Å². The van der Waals surface area contributed by atoms with Crippen molar-refractivity contribution in [1.82, 2.24) is 9.97 Å². The fourth-order valence-electron chi connectivity index (χ4n) is 1.33. The minimum atomic E-state index is -0.0684. The van der Waals surface area contributed by atoms with Gasteiger partial charge >= 0.3 is 0 Å². The van der Waals surface area contributed by atoms with E-state index >= 15 is 0 Å². The van der Waals surface area contributed by atoms with E-state index in [1.807, 2.05) is 13.8 Å². The molecule has 4 heteroatoms. The number of hydrogen-bond acceptors (Lipinski definition) is 3. The Labute approximate surface area is 89.7 Å². The molecule has 0 bridgehead atoms. The van der Waals surface area contributed by atoms with Gasteiger partial charge in [0.1, 0.15) is 5.82 Å². The van der Waals surface area contributed by atoms with Gasteiger partial charge in [-0.15, -0.1) is 0 Å². The zero-order valence-corrected chi connectivity index (χ0v) is 9.54. The van der Waals surface area contributed by atoms with Crippen LogP contribution in [0.1, 0.15) is 37.7 Å². The highest BCUT2D eigenvalue weighted by Crippen LogP contribution is 2.07. The average Bonchev–Trinajstić information content (AvgIpc) is 2.17. The van der Waals surface area contributed by atoms with E-state index in [0.717, 1.165) is 24.4 Å². The first-order valence-electron chi connectivity index (χ1n) is 5.22. The summed E-state index contributed by atoms with van der Waals surface area (Å²) in [5.41, 5.74) is 0.778. The maximum Gasteiger partial charge on any atom is 0.251 e. The van der Waals surface area contributed by atoms with E-state index in [9.17, 15) is 4.79 Å². The highest BCUT2D eigenvalue weighted by atomic mass is 16.5. The zero-order valence-electron chi connectivity index (χ0n) is 9.54. The van der Waals surface area contributed by atoms with Crippen molar-refractivity contribution in [1.29, 1.82) is 0 Å². The largest absolute Gasteiger partial charge is 0.385 e. The number of nitrogens with one attached hydrogen (secondary N) is 1. The van der Waals surface area contributed by atoms with Crippen LogP contribution in [0.4, 0.5) is 0 Å². The Hall–Kier alpha value is -1.16. The predicted octanol–water partition coefficient (Wildman–Crippen LogP) is 1.47. The van der Waals surface area contributed by atoms with Crippen molar-refractivity contribution in [3.05, 3.63) is 27.9 Å². The van der Waals surface area contributed by atoms with Crippen molar-refractivity contribution in [3.8, 4) is 0 Å². The number of ether oxygens (including phenoxy) is 1. The number of methoxy groups -OCH3 is 1.